The third-order valence-electron chi connectivity index (χ3n) is 4.38. The molecule has 0 aliphatic heterocycles. The molecular weight excluding hydrogens is 234 g/mol. The third kappa shape index (κ3) is 3.11. The highest BCUT2D eigenvalue weighted by atomic mass is 16.5. The Morgan fingerprint density at radius 1 is 1.26 bits per heavy atom. The number of hydrogen-bond acceptors (Lipinski definition) is 2. The number of rotatable bonds is 6. The van der Waals surface area contributed by atoms with Crippen molar-refractivity contribution in [1.82, 2.24) is 0 Å². The van der Waals surface area contributed by atoms with Gasteiger partial charge in [0.15, 0.2) is 0 Å². The third-order valence-corrected chi connectivity index (χ3v) is 4.38. The van der Waals surface area contributed by atoms with Crippen molar-refractivity contribution in [3.63, 3.8) is 0 Å². The lowest BCUT2D eigenvalue weighted by molar-refractivity contribution is 0.144. The summed E-state index contributed by atoms with van der Waals surface area (Å²) in [6, 6.07) is 8.59. The molecule has 0 heterocycles. The second-order valence-corrected chi connectivity index (χ2v) is 6.40. The fourth-order valence-electron chi connectivity index (χ4n) is 3.02. The Morgan fingerprint density at radius 3 is 2.37 bits per heavy atom. The lowest BCUT2D eigenvalue weighted by atomic mass is 9.58. The van der Waals surface area contributed by atoms with Crippen LogP contribution in [0, 0.1) is 11.8 Å². The zero-order chi connectivity index (χ0) is 13.9. The topological polar surface area (TPSA) is 35.2 Å². The van der Waals surface area contributed by atoms with Crippen LogP contribution in [0.3, 0.4) is 0 Å². The van der Waals surface area contributed by atoms with E-state index in [-0.39, 0.29) is 5.41 Å². The van der Waals surface area contributed by atoms with E-state index in [1.807, 2.05) is 0 Å². The largest absolute Gasteiger partial charge is 0.493 e. The molecular formula is C17H27NO. The maximum Gasteiger partial charge on any atom is 0.119 e. The van der Waals surface area contributed by atoms with Gasteiger partial charge >= 0.3 is 0 Å². The Morgan fingerprint density at radius 2 is 1.89 bits per heavy atom. The summed E-state index contributed by atoms with van der Waals surface area (Å²) in [6.45, 7) is 8.14. The summed E-state index contributed by atoms with van der Waals surface area (Å²) in [5, 5.41) is 0. The van der Waals surface area contributed by atoms with E-state index in [9.17, 15) is 0 Å². The Hall–Kier alpha value is -1.02. The van der Waals surface area contributed by atoms with Gasteiger partial charge in [-0.1, -0.05) is 39.3 Å². The molecule has 0 unspecified atom stereocenters. The first-order valence-corrected chi connectivity index (χ1v) is 7.53. The summed E-state index contributed by atoms with van der Waals surface area (Å²) in [7, 11) is 0. The minimum absolute atomic E-state index is 0.233. The summed E-state index contributed by atoms with van der Waals surface area (Å²) in [6.07, 6.45) is 3.76. The van der Waals surface area contributed by atoms with E-state index in [1.165, 1.54) is 24.8 Å². The van der Waals surface area contributed by atoms with Crippen LogP contribution in [-0.4, -0.2) is 13.2 Å². The van der Waals surface area contributed by atoms with Gasteiger partial charge in [-0.2, -0.15) is 0 Å². The first kappa shape index (κ1) is 14.4. The maximum atomic E-state index is 6.02. The average molecular weight is 261 g/mol. The first-order valence-electron chi connectivity index (χ1n) is 7.53. The molecule has 2 nitrogen and oxygen atoms in total. The van der Waals surface area contributed by atoms with E-state index in [2.05, 4.69) is 45.0 Å². The van der Waals surface area contributed by atoms with Gasteiger partial charge in [0.25, 0.3) is 0 Å². The monoisotopic (exact) mass is 261 g/mol. The summed E-state index contributed by atoms with van der Waals surface area (Å²) < 4.78 is 5.73. The van der Waals surface area contributed by atoms with E-state index in [0.717, 1.165) is 24.8 Å². The van der Waals surface area contributed by atoms with E-state index in [1.54, 1.807) is 0 Å². The van der Waals surface area contributed by atoms with Crippen molar-refractivity contribution in [2.75, 3.05) is 13.2 Å². The fraction of sp³-hybridized carbons (Fsp3) is 0.647. The Balaban J connectivity index is 2.01. The molecule has 0 saturated heterocycles. The molecule has 1 fully saturated rings. The minimum atomic E-state index is 0.233. The van der Waals surface area contributed by atoms with Gasteiger partial charge in [0.1, 0.15) is 5.75 Å². The molecule has 1 saturated carbocycles. The van der Waals surface area contributed by atoms with Crippen molar-refractivity contribution in [3.05, 3.63) is 29.8 Å². The van der Waals surface area contributed by atoms with Crippen molar-refractivity contribution >= 4 is 0 Å². The molecule has 1 aliphatic carbocycles. The van der Waals surface area contributed by atoms with Crippen LogP contribution >= 0.6 is 0 Å². The lowest BCUT2D eigenvalue weighted by Gasteiger charge is -2.47. The number of hydrogen-bond donors (Lipinski definition) is 1. The van der Waals surface area contributed by atoms with Crippen molar-refractivity contribution in [2.45, 2.75) is 45.4 Å². The van der Waals surface area contributed by atoms with E-state index in [4.69, 9.17) is 10.5 Å². The number of benzene rings is 1. The molecule has 1 aliphatic rings. The minimum Gasteiger partial charge on any atom is -0.493 e. The molecule has 1 aromatic rings. The van der Waals surface area contributed by atoms with Crippen LogP contribution in [0.4, 0.5) is 0 Å². The highest BCUT2D eigenvalue weighted by Gasteiger charge is 2.43. The number of ether oxygens (including phenoxy) is 1. The van der Waals surface area contributed by atoms with Crippen molar-refractivity contribution in [1.29, 1.82) is 0 Å². The number of nitrogens with two attached hydrogens (primary N) is 1. The van der Waals surface area contributed by atoms with Crippen LogP contribution in [-0.2, 0) is 5.41 Å². The van der Waals surface area contributed by atoms with Crippen LogP contribution in [0.15, 0.2) is 24.3 Å². The zero-order valence-corrected chi connectivity index (χ0v) is 12.5. The van der Waals surface area contributed by atoms with Crippen LogP contribution in [0.25, 0.3) is 0 Å². The van der Waals surface area contributed by atoms with Crippen LogP contribution in [0.2, 0.25) is 0 Å². The molecule has 106 valence electrons. The van der Waals surface area contributed by atoms with Crippen molar-refractivity contribution in [2.24, 2.45) is 17.6 Å². The van der Waals surface area contributed by atoms with E-state index < -0.39 is 0 Å². The molecule has 2 N–H and O–H groups in total. The summed E-state index contributed by atoms with van der Waals surface area (Å²) in [5.74, 6) is 2.39. The zero-order valence-electron chi connectivity index (χ0n) is 12.5. The van der Waals surface area contributed by atoms with E-state index in [0.29, 0.717) is 5.92 Å². The first-order chi connectivity index (χ1) is 9.09. The summed E-state index contributed by atoms with van der Waals surface area (Å²) in [5.41, 5.74) is 7.64. The summed E-state index contributed by atoms with van der Waals surface area (Å²) >= 11 is 0. The van der Waals surface area contributed by atoms with Crippen molar-refractivity contribution < 1.29 is 4.74 Å². The molecule has 0 amide bonds. The second-order valence-electron chi connectivity index (χ2n) is 6.40. The highest BCUT2D eigenvalue weighted by molar-refractivity contribution is 5.35. The highest BCUT2D eigenvalue weighted by Crippen LogP contribution is 2.48. The van der Waals surface area contributed by atoms with Gasteiger partial charge in [0.05, 0.1) is 6.61 Å². The SMILES string of the molecule is CCC1CC(CN)(c2ccc(OCC(C)C)cc2)C1. The molecule has 0 bridgehead atoms. The molecule has 1 aromatic carbocycles. The molecule has 2 rings (SSSR count). The maximum absolute atomic E-state index is 6.02. The van der Waals surface area contributed by atoms with Gasteiger partial charge in [0.2, 0.25) is 0 Å². The van der Waals surface area contributed by atoms with Gasteiger partial charge in [0, 0.05) is 12.0 Å². The van der Waals surface area contributed by atoms with Gasteiger partial charge in [-0.05, 0) is 42.4 Å². The van der Waals surface area contributed by atoms with Crippen molar-refractivity contribution in [3.8, 4) is 5.75 Å². The fourth-order valence-corrected chi connectivity index (χ4v) is 3.02. The van der Waals surface area contributed by atoms with Crippen LogP contribution in [0.5, 0.6) is 5.75 Å². The quantitative estimate of drug-likeness (QED) is 0.846. The molecule has 0 radical (unpaired) electrons. The Kier molecular flexibility index (Phi) is 4.51. The molecule has 0 atom stereocenters. The standard InChI is InChI=1S/C17H27NO/c1-4-14-9-17(10-14,12-18)15-5-7-16(8-6-15)19-11-13(2)3/h5-8,13-14H,4,9-12,18H2,1-3H3. The Labute approximate surface area is 117 Å². The second kappa shape index (κ2) is 5.96. The van der Waals surface area contributed by atoms with Gasteiger partial charge in [-0.25, -0.2) is 0 Å². The molecule has 0 spiro atoms. The summed E-state index contributed by atoms with van der Waals surface area (Å²) in [4.78, 5) is 0. The normalized spacial score (nSPS) is 26.3. The van der Waals surface area contributed by atoms with Crippen LogP contribution < -0.4 is 10.5 Å². The predicted molar refractivity (Wildman–Crippen MR) is 80.5 cm³/mol. The lowest BCUT2D eigenvalue weighted by Crippen LogP contribution is -2.46. The molecule has 2 heteroatoms. The molecule has 0 aromatic heterocycles. The molecule has 19 heavy (non-hydrogen) atoms. The average Bonchev–Trinajstić information content (AvgIpc) is 2.37. The van der Waals surface area contributed by atoms with Gasteiger partial charge in [-0.15, -0.1) is 0 Å². The van der Waals surface area contributed by atoms with E-state index >= 15 is 0 Å². The van der Waals surface area contributed by atoms with Gasteiger partial charge < -0.3 is 10.5 Å². The predicted octanol–water partition coefficient (Wildman–Crippen LogP) is 3.74. The van der Waals surface area contributed by atoms with Crippen LogP contribution in [0.1, 0.15) is 45.6 Å². The smallest absolute Gasteiger partial charge is 0.119 e. The Bertz CT molecular complexity index is 390. The van der Waals surface area contributed by atoms with Gasteiger partial charge in [-0.3, -0.25) is 0 Å².